The second-order valence-corrected chi connectivity index (χ2v) is 2.67. The van der Waals surface area contributed by atoms with Gasteiger partial charge >= 0.3 is 4.87 Å². The highest BCUT2D eigenvalue weighted by atomic mass is 32.1. The quantitative estimate of drug-likeness (QED) is 0.579. The van der Waals surface area contributed by atoms with Crippen molar-refractivity contribution in [3.63, 3.8) is 0 Å². The summed E-state index contributed by atoms with van der Waals surface area (Å²) in [6, 6.07) is 0. The van der Waals surface area contributed by atoms with Crippen LogP contribution < -0.4 is 4.87 Å². The molecule has 0 atom stereocenters. The molecule has 2 nitrogen and oxygen atoms in total. The summed E-state index contributed by atoms with van der Waals surface area (Å²) in [5, 5.41) is 1.76. The molecule has 0 aromatic carbocycles. The van der Waals surface area contributed by atoms with Crippen LogP contribution >= 0.6 is 11.3 Å². The minimum atomic E-state index is 0.0650. The molecule has 52 valence electrons. The van der Waals surface area contributed by atoms with E-state index in [-0.39, 0.29) is 4.87 Å². The van der Waals surface area contributed by atoms with Gasteiger partial charge in [0.2, 0.25) is 0 Å². The van der Waals surface area contributed by atoms with Crippen molar-refractivity contribution in [2.75, 3.05) is 0 Å². The van der Waals surface area contributed by atoms with Crippen LogP contribution in [0.5, 0.6) is 0 Å². The summed E-state index contributed by atoms with van der Waals surface area (Å²) >= 11 is 1.19. The third-order valence-electron chi connectivity index (χ3n) is 1.14. The Bertz CT molecular complexity index is 291. The van der Waals surface area contributed by atoms with E-state index in [0.29, 0.717) is 13.0 Å². The van der Waals surface area contributed by atoms with Crippen molar-refractivity contribution < 1.29 is 0 Å². The van der Waals surface area contributed by atoms with Crippen molar-refractivity contribution in [3.05, 3.63) is 21.2 Å². The van der Waals surface area contributed by atoms with Gasteiger partial charge in [0.05, 0.1) is 0 Å². The fraction of sp³-hybridized carbons (Fsp3) is 0.286. The molecule has 0 fully saturated rings. The Morgan fingerprint density at radius 1 is 1.80 bits per heavy atom. The van der Waals surface area contributed by atoms with Gasteiger partial charge in [0.15, 0.2) is 0 Å². The van der Waals surface area contributed by atoms with E-state index in [1.165, 1.54) is 11.3 Å². The Balaban J connectivity index is 2.68. The van der Waals surface area contributed by atoms with E-state index >= 15 is 0 Å². The van der Waals surface area contributed by atoms with E-state index in [2.05, 4.69) is 5.92 Å². The third-order valence-corrected chi connectivity index (χ3v) is 1.84. The number of hydrogen-bond donors (Lipinski definition) is 0. The first-order valence-corrected chi connectivity index (χ1v) is 3.80. The van der Waals surface area contributed by atoms with E-state index in [0.717, 1.165) is 0 Å². The monoisotopic (exact) mass is 153 g/mol. The maximum Gasteiger partial charge on any atom is 0.307 e. The molecule has 1 aromatic heterocycles. The summed E-state index contributed by atoms with van der Waals surface area (Å²) in [4.78, 5) is 10.9. The molecule has 0 aliphatic heterocycles. The van der Waals surface area contributed by atoms with E-state index in [1.807, 2.05) is 0 Å². The zero-order valence-electron chi connectivity index (χ0n) is 5.41. The number of aryl methyl sites for hydroxylation is 1. The normalized spacial score (nSPS) is 9.10. The standard InChI is InChI=1S/C7H7NOS/c1-2-3-4-8-5-6-10-7(8)9/h1,5-6H,3-4H2. The molecule has 0 amide bonds. The van der Waals surface area contributed by atoms with Gasteiger partial charge in [-0.25, -0.2) is 0 Å². The summed E-state index contributed by atoms with van der Waals surface area (Å²) in [7, 11) is 0. The summed E-state index contributed by atoms with van der Waals surface area (Å²) < 4.78 is 1.62. The molecule has 0 unspecified atom stereocenters. The molecule has 10 heavy (non-hydrogen) atoms. The molecule has 1 aromatic rings. The predicted molar refractivity (Wildman–Crippen MR) is 42.0 cm³/mol. The van der Waals surface area contributed by atoms with Gasteiger partial charge < -0.3 is 4.57 Å². The maximum absolute atomic E-state index is 10.8. The first-order chi connectivity index (χ1) is 4.84. The SMILES string of the molecule is C#CCCn1ccsc1=O. The van der Waals surface area contributed by atoms with Gasteiger partial charge in [-0.1, -0.05) is 11.3 Å². The molecular formula is C7H7NOS. The highest BCUT2D eigenvalue weighted by molar-refractivity contribution is 7.07. The van der Waals surface area contributed by atoms with Gasteiger partial charge in [0, 0.05) is 24.5 Å². The molecular weight excluding hydrogens is 146 g/mol. The summed E-state index contributed by atoms with van der Waals surface area (Å²) in [5.41, 5.74) is 0. The molecule has 0 N–H and O–H groups in total. The van der Waals surface area contributed by atoms with Gasteiger partial charge in [-0.05, 0) is 0 Å². The van der Waals surface area contributed by atoms with Crippen LogP contribution in [0.25, 0.3) is 0 Å². The van der Waals surface area contributed by atoms with Crippen LogP contribution in [0, 0.1) is 12.3 Å². The molecule has 3 heteroatoms. The average molecular weight is 153 g/mol. The van der Waals surface area contributed by atoms with E-state index in [1.54, 1.807) is 16.1 Å². The topological polar surface area (TPSA) is 22.0 Å². The lowest BCUT2D eigenvalue weighted by Gasteiger charge is -1.92. The number of nitrogens with zero attached hydrogens (tertiary/aromatic N) is 1. The number of rotatable bonds is 2. The van der Waals surface area contributed by atoms with Crippen molar-refractivity contribution in [3.8, 4) is 12.3 Å². The zero-order chi connectivity index (χ0) is 7.40. The zero-order valence-corrected chi connectivity index (χ0v) is 6.23. The van der Waals surface area contributed by atoms with Crippen molar-refractivity contribution in [2.24, 2.45) is 0 Å². The molecule has 1 heterocycles. The van der Waals surface area contributed by atoms with Crippen LogP contribution in [-0.2, 0) is 6.54 Å². The van der Waals surface area contributed by atoms with Crippen LogP contribution in [0.3, 0.4) is 0 Å². The van der Waals surface area contributed by atoms with Crippen LogP contribution in [0.1, 0.15) is 6.42 Å². The highest BCUT2D eigenvalue weighted by Gasteiger charge is 1.92. The van der Waals surface area contributed by atoms with Crippen LogP contribution in [-0.4, -0.2) is 4.57 Å². The van der Waals surface area contributed by atoms with Crippen LogP contribution in [0.4, 0.5) is 0 Å². The maximum atomic E-state index is 10.8. The molecule has 0 spiro atoms. The number of terminal acetylenes is 1. The number of aromatic nitrogens is 1. The Morgan fingerprint density at radius 3 is 3.10 bits per heavy atom. The molecule has 0 saturated carbocycles. The lowest BCUT2D eigenvalue weighted by molar-refractivity contribution is 0.708. The summed E-state index contributed by atoms with van der Waals surface area (Å²) in [6.07, 6.45) is 7.41. The number of thiazole rings is 1. The molecule has 0 saturated heterocycles. The lowest BCUT2D eigenvalue weighted by Crippen LogP contribution is -2.10. The van der Waals surface area contributed by atoms with Gasteiger partial charge in [0.1, 0.15) is 0 Å². The molecule has 0 bridgehead atoms. The second kappa shape index (κ2) is 3.23. The van der Waals surface area contributed by atoms with Gasteiger partial charge in [-0.3, -0.25) is 4.79 Å². The van der Waals surface area contributed by atoms with Gasteiger partial charge in [-0.15, -0.1) is 12.3 Å². The summed E-state index contributed by atoms with van der Waals surface area (Å²) in [5.74, 6) is 2.48. The van der Waals surface area contributed by atoms with E-state index in [9.17, 15) is 4.79 Å². The van der Waals surface area contributed by atoms with E-state index in [4.69, 9.17) is 6.42 Å². The number of hydrogen-bond acceptors (Lipinski definition) is 2. The fourth-order valence-electron chi connectivity index (χ4n) is 0.641. The Morgan fingerprint density at radius 2 is 2.60 bits per heavy atom. The smallest absolute Gasteiger partial charge is 0.305 e. The van der Waals surface area contributed by atoms with E-state index < -0.39 is 0 Å². The van der Waals surface area contributed by atoms with Crippen molar-refractivity contribution in [2.45, 2.75) is 13.0 Å². The molecule has 0 aliphatic carbocycles. The third kappa shape index (κ3) is 1.49. The fourth-order valence-corrected chi connectivity index (χ4v) is 1.25. The van der Waals surface area contributed by atoms with Crippen molar-refractivity contribution in [1.82, 2.24) is 4.57 Å². The minimum Gasteiger partial charge on any atom is -0.305 e. The van der Waals surface area contributed by atoms with Crippen LogP contribution in [0.2, 0.25) is 0 Å². The molecule has 0 radical (unpaired) electrons. The first-order valence-electron chi connectivity index (χ1n) is 2.92. The largest absolute Gasteiger partial charge is 0.307 e. The van der Waals surface area contributed by atoms with Crippen molar-refractivity contribution >= 4 is 11.3 Å². The lowest BCUT2D eigenvalue weighted by atomic mass is 10.4. The highest BCUT2D eigenvalue weighted by Crippen LogP contribution is 1.90. The predicted octanol–water partition coefficient (Wildman–Crippen LogP) is 0.933. The Kier molecular flexibility index (Phi) is 2.30. The first kappa shape index (κ1) is 7.10. The summed E-state index contributed by atoms with van der Waals surface area (Å²) in [6.45, 7) is 0.638. The Labute approximate surface area is 63.1 Å². The van der Waals surface area contributed by atoms with Gasteiger partial charge in [-0.2, -0.15) is 0 Å². The molecule has 1 rings (SSSR count). The van der Waals surface area contributed by atoms with Gasteiger partial charge in [0.25, 0.3) is 0 Å². The minimum absolute atomic E-state index is 0.0650. The van der Waals surface area contributed by atoms with Crippen LogP contribution in [0.15, 0.2) is 16.4 Å². The second-order valence-electron chi connectivity index (χ2n) is 1.82. The molecule has 0 aliphatic rings. The Hall–Kier alpha value is -1.01. The van der Waals surface area contributed by atoms with Crippen molar-refractivity contribution in [1.29, 1.82) is 0 Å². The average Bonchev–Trinajstić information content (AvgIpc) is 2.31.